The van der Waals surface area contributed by atoms with Crippen LogP contribution in [0.25, 0.3) is 0 Å². The Kier molecular flexibility index (Phi) is 4.64. The number of nitrogens with one attached hydrogen (secondary N) is 2. The predicted octanol–water partition coefficient (Wildman–Crippen LogP) is 3.06. The highest BCUT2D eigenvalue weighted by molar-refractivity contribution is 7.92. The Hall–Kier alpha value is -1.15. The van der Waals surface area contributed by atoms with Crippen molar-refractivity contribution in [1.82, 2.24) is 5.32 Å². The number of rotatable bonds is 5. The van der Waals surface area contributed by atoms with Gasteiger partial charge in [0.15, 0.2) is 0 Å². The zero-order valence-corrected chi connectivity index (χ0v) is 12.9. The zero-order valence-electron chi connectivity index (χ0n) is 10.5. The molecule has 0 unspecified atom stereocenters. The maximum atomic E-state index is 13.6. The van der Waals surface area contributed by atoms with Crippen molar-refractivity contribution in [3.05, 3.63) is 45.4 Å². The van der Waals surface area contributed by atoms with Gasteiger partial charge < -0.3 is 5.32 Å². The molecule has 0 atom stereocenters. The van der Waals surface area contributed by atoms with Gasteiger partial charge in [0.2, 0.25) is 0 Å². The van der Waals surface area contributed by atoms with Crippen LogP contribution in [-0.2, 0) is 16.6 Å². The van der Waals surface area contributed by atoms with E-state index in [-0.39, 0.29) is 15.6 Å². The first-order valence-electron chi connectivity index (χ1n) is 5.62. The topological polar surface area (TPSA) is 58.2 Å². The molecule has 0 amide bonds. The minimum absolute atomic E-state index is 0.113. The summed E-state index contributed by atoms with van der Waals surface area (Å²) in [6, 6.07) is 5.31. The number of thiophene rings is 1. The second-order valence-electron chi connectivity index (χ2n) is 4.01. The number of sulfonamides is 1. The summed E-state index contributed by atoms with van der Waals surface area (Å²) in [5, 5.41) is 4.66. The predicted molar refractivity (Wildman–Crippen MR) is 79.3 cm³/mol. The molecule has 8 heteroatoms. The zero-order chi connectivity index (χ0) is 14.8. The van der Waals surface area contributed by atoms with Gasteiger partial charge in [0, 0.05) is 21.8 Å². The Bertz CT molecular complexity index is 716. The number of hydrogen-bond acceptors (Lipinski definition) is 4. The second kappa shape index (κ2) is 6.09. The van der Waals surface area contributed by atoms with E-state index in [0.29, 0.717) is 6.54 Å². The Morgan fingerprint density at radius 3 is 2.75 bits per heavy atom. The molecule has 2 rings (SSSR count). The highest BCUT2D eigenvalue weighted by atomic mass is 35.5. The van der Waals surface area contributed by atoms with Crippen molar-refractivity contribution < 1.29 is 12.8 Å². The van der Waals surface area contributed by atoms with Gasteiger partial charge in [-0.05, 0) is 31.3 Å². The van der Waals surface area contributed by atoms with Gasteiger partial charge in [0.25, 0.3) is 10.0 Å². The van der Waals surface area contributed by atoms with Crippen LogP contribution in [0.3, 0.4) is 0 Å². The standard InChI is InChI=1S/C12H12ClFN2O2S2/c1-15-6-9-5-10(7-19-9)20(17,18)16-12-3-2-8(13)4-11(12)14/h2-5,7,15-16H,6H2,1H3. The van der Waals surface area contributed by atoms with E-state index in [1.54, 1.807) is 13.1 Å². The van der Waals surface area contributed by atoms with Crippen LogP contribution in [0, 0.1) is 5.82 Å². The second-order valence-corrected chi connectivity index (χ2v) is 7.12. The summed E-state index contributed by atoms with van der Waals surface area (Å²) in [5.41, 5.74) is -0.129. The van der Waals surface area contributed by atoms with E-state index in [2.05, 4.69) is 10.0 Å². The summed E-state index contributed by atoms with van der Waals surface area (Å²) in [4.78, 5) is 0.992. The molecule has 1 aromatic carbocycles. The first kappa shape index (κ1) is 15.2. The van der Waals surface area contributed by atoms with Crippen LogP contribution in [0.2, 0.25) is 5.02 Å². The molecule has 0 fully saturated rings. The molecule has 0 saturated carbocycles. The average molecular weight is 335 g/mol. The SMILES string of the molecule is CNCc1cc(S(=O)(=O)Nc2ccc(Cl)cc2F)cs1. The van der Waals surface area contributed by atoms with Crippen molar-refractivity contribution in [3.8, 4) is 0 Å². The summed E-state index contributed by atoms with van der Waals surface area (Å²) in [7, 11) is -2.02. The van der Waals surface area contributed by atoms with Gasteiger partial charge in [0.1, 0.15) is 5.82 Å². The van der Waals surface area contributed by atoms with Gasteiger partial charge in [-0.25, -0.2) is 12.8 Å². The summed E-state index contributed by atoms with van der Waals surface area (Å²) >= 11 is 6.94. The van der Waals surface area contributed by atoms with Crippen LogP contribution in [0.4, 0.5) is 10.1 Å². The van der Waals surface area contributed by atoms with E-state index in [1.807, 2.05) is 0 Å². The lowest BCUT2D eigenvalue weighted by atomic mass is 10.3. The minimum atomic E-state index is -3.80. The molecule has 0 bridgehead atoms. The smallest absolute Gasteiger partial charge is 0.262 e. The van der Waals surface area contributed by atoms with Crippen molar-refractivity contribution in [2.75, 3.05) is 11.8 Å². The van der Waals surface area contributed by atoms with Gasteiger partial charge >= 0.3 is 0 Å². The van der Waals surface area contributed by atoms with Crippen LogP contribution >= 0.6 is 22.9 Å². The molecule has 0 aliphatic rings. The molecule has 0 radical (unpaired) electrons. The highest BCUT2D eigenvalue weighted by Crippen LogP contribution is 2.24. The molecule has 1 heterocycles. The van der Waals surface area contributed by atoms with E-state index >= 15 is 0 Å². The van der Waals surface area contributed by atoms with Crippen molar-refractivity contribution in [1.29, 1.82) is 0 Å². The number of halogens is 2. The Morgan fingerprint density at radius 1 is 1.35 bits per heavy atom. The molecule has 0 aliphatic carbocycles. The fraction of sp³-hybridized carbons (Fsp3) is 0.167. The molecular formula is C12H12ClFN2O2S2. The molecule has 108 valence electrons. The van der Waals surface area contributed by atoms with Crippen molar-refractivity contribution in [3.63, 3.8) is 0 Å². The Balaban J connectivity index is 2.26. The Labute approximate surface area is 125 Å². The Morgan fingerprint density at radius 2 is 2.10 bits per heavy atom. The maximum Gasteiger partial charge on any atom is 0.262 e. The first-order chi connectivity index (χ1) is 9.42. The molecule has 4 nitrogen and oxygen atoms in total. The van der Waals surface area contributed by atoms with E-state index in [0.717, 1.165) is 10.9 Å². The molecule has 0 saturated heterocycles. The molecule has 2 N–H and O–H groups in total. The first-order valence-corrected chi connectivity index (χ1v) is 8.36. The fourth-order valence-corrected chi connectivity index (χ4v) is 4.06. The van der Waals surface area contributed by atoms with Crippen molar-refractivity contribution >= 4 is 38.6 Å². The van der Waals surface area contributed by atoms with Crippen LogP contribution in [0.5, 0.6) is 0 Å². The lowest BCUT2D eigenvalue weighted by Crippen LogP contribution is -2.13. The van der Waals surface area contributed by atoms with E-state index < -0.39 is 15.8 Å². The van der Waals surface area contributed by atoms with Gasteiger partial charge in [-0.2, -0.15) is 0 Å². The molecule has 1 aromatic heterocycles. The van der Waals surface area contributed by atoms with E-state index in [1.165, 1.54) is 28.8 Å². The largest absolute Gasteiger partial charge is 0.315 e. The third-order valence-electron chi connectivity index (χ3n) is 2.47. The minimum Gasteiger partial charge on any atom is -0.315 e. The molecule has 2 aromatic rings. The average Bonchev–Trinajstić information content (AvgIpc) is 2.83. The lowest BCUT2D eigenvalue weighted by molar-refractivity contribution is 0.599. The summed E-state index contributed by atoms with van der Waals surface area (Å²) in [6.45, 7) is 0.579. The van der Waals surface area contributed by atoms with Crippen LogP contribution in [0.15, 0.2) is 34.5 Å². The van der Waals surface area contributed by atoms with Gasteiger partial charge in [-0.15, -0.1) is 11.3 Å². The summed E-state index contributed by atoms with van der Waals surface area (Å²) in [6.07, 6.45) is 0. The van der Waals surface area contributed by atoms with Crippen molar-refractivity contribution in [2.45, 2.75) is 11.4 Å². The molecule has 0 aliphatic heterocycles. The van der Waals surface area contributed by atoms with Crippen LogP contribution < -0.4 is 10.0 Å². The highest BCUT2D eigenvalue weighted by Gasteiger charge is 2.18. The lowest BCUT2D eigenvalue weighted by Gasteiger charge is -2.07. The third kappa shape index (κ3) is 3.49. The number of anilines is 1. The molecule has 20 heavy (non-hydrogen) atoms. The van der Waals surface area contributed by atoms with Gasteiger partial charge in [-0.1, -0.05) is 11.6 Å². The molecular weight excluding hydrogens is 323 g/mol. The normalized spacial score (nSPS) is 11.6. The number of hydrogen-bond donors (Lipinski definition) is 2. The quantitative estimate of drug-likeness (QED) is 0.883. The van der Waals surface area contributed by atoms with Gasteiger partial charge in [0.05, 0.1) is 10.6 Å². The van der Waals surface area contributed by atoms with E-state index in [9.17, 15) is 12.8 Å². The van der Waals surface area contributed by atoms with Crippen LogP contribution in [-0.4, -0.2) is 15.5 Å². The fourth-order valence-electron chi connectivity index (χ4n) is 1.54. The molecule has 0 spiro atoms. The van der Waals surface area contributed by atoms with Crippen molar-refractivity contribution in [2.24, 2.45) is 0 Å². The van der Waals surface area contributed by atoms with Crippen LogP contribution in [0.1, 0.15) is 4.88 Å². The summed E-state index contributed by atoms with van der Waals surface area (Å²) < 4.78 is 40.1. The number of benzene rings is 1. The van der Waals surface area contributed by atoms with Gasteiger partial charge in [-0.3, -0.25) is 4.72 Å². The monoisotopic (exact) mass is 334 g/mol. The third-order valence-corrected chi connectivity index (χ3v) is 5.13. The van der Waals surface area contributed by atoms with E-state index in [4.69, 9.17) is 11.6 Å². The summed E-state index contributed by atoms with van der Waals surface area (Å²) in [5.74, 6) is -0.716. The maximum absolute atomic E-state index is 13.6.